The van der Waals surface area contributed by atoms with E-state index in [0.717, 1.165) is 11.6 Å². The van der Waals surface area contributed by atoms with Gasteiger partial charge in [0.05, 0.1) is 29.2 Å². The zero-order valence-electron chi connectivity index (χ0n) is 15.9. The lowest BCUT2D eigenvalue weighted by Gasteiger charge is -2.31. The van der Waals surface area contributed by atoms with E-state index in [4.69, 9.17) is 27.9 Å². The van der Waals surface area contributed by atoms with Gasteiger partial charge < -0.3 is 20.2 Å². The van der Waals surface area contributed by atoms with Gasteiger partial charge in [-0.15, -0.1) is 0 Å². The van der Waals surface area contributed by atoms with Crippen molar-refractivity contribution in [3.05, 3.63) is 56.9 Å². The highest BCUT2D eigenvalue weighted by molar-refractivity contribution is 6.40. The summed E-state index contributed by atoms with van der Waals surface area (Å²) in [4.78, 5) is 21.7. The SMILES string of the molecule is CN/N=C\C(=C(\Cl)C=O)N1CCc2c(nc(CO)nc2Oc2ccc(F)cc2Cl)C1. The highest BCUT2D eigenvalue weighted by atomic mass is 35.5. The molecule has 0 aliphatic carbocycles. The smallest absolute Gasteiger partial charge is 0.226 e. The number of carbonyl (C=O) groups is 1. The molecule has 0 fully saturated rings. The van der Waals surface area contributed by atoms with Gasteiger partial charge in [0.15, 0.2) is 12.1 Å². The molecule has 2 N–H and O–H groups in total. The third-order valence-corrected chi connectivity index (χ3v) is 4.90. The van der Waals surface area contributed by atoms with Crippen LogP contribution in [-0.4, -0.2) is 46.1 Å². The molecule has 8 nitrogen and oxygen atoms in total. The van der Waals surface area contributed by atoms with Gasteiger partial charge in [0, 0.05) is 19.2 Å². The summed E-state index contributed by atoms with van der Waals surface area (Å²) in [6.45, 7) is 0.366. The number of aliphatic hydroxyl groups is 1. The van der Waals surface area contributed by atoms with Crippen molar-refractivity contribution in [1.82, 2.24) is 20.3 Å². The van der Waals surface area contributed by atoms with Gasteiger partial charge >= 0.3 is 0 Å². The molecule has 3 rings (SSSR count). The van der Waals surface area contributed by atoms with Gasteiger partial charge in [-0.3, -0.25) is 4.79 Å². The number of nitrogens with zero attached hydrogens (tertiary/aromatic N) is 4. The number of hydrazone groups is 1. The number of aliphatic hydroxyl groups excluding tert-OH is 1. The van der Waals surface area contributed by atoms with E-state index in [1.54, 1.807) is 7.05 Å². The van der Waals surface area contributed by atoms with Crippen LogP contribution in [0.3, 0.4) is 0 Å². The van der Waals surface area contributed by atoms with Crippen molar-refractivity contribution in [3.63, 3.8) is 0 Å². The fourth-order valence-electron chi connectivity index (χ4n) is 2.95. The van der Waals surface area contributed by atoms with Crippen molar-refractivity contribution in [3.8, 4) is 11.6 Å². The summed E-state index contributed by atoms with van der Waals surface area (Å²) in [5.74, 6) is 0.127. The number of rotatable bonds is 7. The molecular weight excluding hydrogens is 436 g/mol. The second-order valence-corrected chi connectivity index (χ2v) is 7.02. The summed E-state index contributed by atoms with van der Waals surface area (Å²) in [5.41, 5.74) is 4.36. The van der Waals surface area contributed by atoms with Gasteiger partial charge in [0.2, 0.25) is 5.88 Å². The highest BCUT2D eigenvalue weighted by Gasteiger charge is 2.26. The largest absolute Gasteiger partial charge is 0.437 e. The van der Waals surface area contributed by atoms with E-state index < -0.39 is 12.4 Å². The molecule has 2 aromatic rings. The van der Waals surface area contributed by atoms with Crippen LogP contribution in [0.2, 0.25) is 5.02 Å². The summed E-state index contributed by atoms with van der Waals surface area (Å²) >= 11 is 12.1. The average Bonchev–Trinajstić information content (AvgIpc) is 2.75. The van der Waals surface area contributed by atoms with E-state index in [2.05, 4.69) is 20.5 Å². The van der Waals surface area contributed by atoms with Crippen LogP contribution in [0.5, 0.6) is 11.6 Å². The Kier molecular flexibility index (Phi) is 7.20. The Balaban J connectivity index is 1.97. The summed E-state index contributed by atoms with van der Waals surface area (Å²) in [6, 6.07) is 3.76. The molecule has 1 aromatic heterocycles. The Hall–Kier alpha value is -2.75. The van der Waals surface area contributed by atoms with E-state index in [1.165, 1.54) is 18.3 Å². The first-order valence-electron chi connectivity index (χ1n) is 8.89. The van der Waals surface area contributed by atoms with E-state index in [-0.39, 0.29) is 34.1 Å². The minimum absolute atomic E-state index is 0.00320. The summed E-state index contributed by atoms with van der Waals surface area (Å²) in [7, 11) is 1.62. The van der Waals surface area contributed by atoms with Crippen LogP contribution in [0.25, 0.3) is 0 Å². The number of hydrogen-bond donors (Lipinski definition) is 2. The minimum atomic E-state index is -0.488. The lowest BCUT2D eigenvalue weighted by Crippen LogP contribution is -2.33. The molecule has 0 bridgehead atoms. The summed E-state index contributed by atoms with van der Waals surface area (Å²) in [6.07, 6.45) is 2.46. The van der Waals surface area contributed by atoms with Crippen LogP contribution in [-0.2, 0) is 24.4 Å². The molecule has 1 aliphatic rings. The minimum Gasteiger partial charge on any atom is -0.437 e. The van der Waals surface area contributed by atoms with Crippen molar-refractivity contribution in [1.29, 1.82) is 0 Å². The number of nitrogens with one attached hydrogen (secondary N) is 1. The first-order valence-corrected chi connectivity index (χ1v) is 9.64. The fourth-order valence-corrected chi connectivity index (χ4v) is 3.32. The number of aldehydes is 1. The molecule has 1 aliphatic heterocycles. The maximum Gasteiger partial charge on any atom is 0.226 e. The normalized spacial score (nSPS) is 14.4. The summed E-state index contributed by atoms with van der Waals surface area (Å²) in [5, 5.41) is 13.6. The second-order valence-electron chi connectivity index (χ2n) is 6.21. The molecule has 158 valence electrons. The predicted molar refractivity (Wildman–Crippen MR) is 110 cm³/mol. The number of ether oxygens (including phenoxy) is 1. The van der Waals surface area contributed by atoms with Crippen molar-refractivity contribution < 1.29 is 19.0 Å². The van der Waals surface area contributed by atoms with Crippen LogP contribution in [0, 0.1) is 5.82 Å². The number of aromatic nitrogens is 2. The zero-order valence-corrected chi connectivity index (χ0v) is 17.4. The number of allylic oxidation sites excluding steroid dienone is 2. The molecule has 0 amide bonds. The highest BCUT2D eigenvalue weighted by Crippen LogP contribution is 2.34. The van der Waals surface area contributed by atoms with E-state index in [1.807, 2.05) is 4.90 Å². The van der Waals surface area contributed by atoms with E-state index in [0.29, 0.717) is 30.6 Å². The van der Waals surface area contributed by atoms with Crippen LogP contribution in [0.1, 0.15) is 17.1 Å². The molecule has 0 radical (unpaired) electrons. The quantitative estimate of drug-likeness (QED) is 0.287. The van der Waals surface area contributed by atoms with E-state index >= 15 is 0 Å². The Morgan fingerprint density at radius 3 is 2.93 bits per heavy atom. The van der Waals surface area contributed by atoms with Gasteiger partial charge in [0.1, 0.15) is 23.2 Å². The predicted octanol–water partition coefficient (Wildman–Crippen LogP) is 2.77. The maximum absolute atomic E-state index is 13.3. The second kappa shape index (κ2) is 9.84. The van der Waals surface area contributed by atoms with Crippen LogP contribution < -0.4 is 10.2 Å². The number of carbonyl (C=O) groups excluding carboxylic acids is 1. The van der Waals surface area contributed by atoms with Gasteiger partial charge in [-0.2, -0.15) is 10.1 Å². The molecule has 30 heavy (non-hydrogen) atoms. The first-order chi connectivity index (χ1) is 14.5. The third kappa shape index (κ3) is 4.86. The van der Waals surface area contributed by atoms with Crippen LogP contribution in [0.15, 0.2) is 34.0 Å². The molecule has 11 heteroatoms. The number of fused-ring (bicyclic) bond motifs is 1. The van der Waals surface area contributed by atoms with E-state index in [9.17, 15) is 14.3 Å². The molecule has 0 atom stereocenters. The van der Waals surface area contributed by atoms with Gasteiger partial charge in [-0.1, -0.05) is 23.2 Å². The van der Waals surface area contributed by atoms with Crippen LogP contribution in [0.4, 0.5) is 4.39 Å². The molecule has 1 aromatic carbocycles. The fraction of sp³-hybridized carbons (Fsp3) is 0.263. The molecular formula is C19H18Cl2FN5O3. The topological polar surface area (TPSA) is 99.9 Å². The van der Waals surface area contributed by atoms with Crippen molar-refractivity contribution in [2.75, 3.05) is 13.6 Å². The van der Waals surface area contributed by atoms with Crippen molar-refractivity contribution >= 4 is 35.7 Å². The standard InChI is InChI=1S/C19H18Cl2FN5O3/c1-23-24-7-16(14(21)9-28)27-5-4-12-15(8-27)25-18(10-29)26-19(12)30-17-3-2-11(22)6-13(17)20/h2-3,6-7,9,23,29H,4-5,8,10H2,1H3/b16-14-,24-7-. The lowest BCUT2D eigenvalue weighted by atomic mass is 10.1. The van der Waals surface area contributed by atoms with Crippen LogP contribution >= 0.6 is 23.2 Å². The Morgan fingerprint density at radius 2 is 2.27 bits per heavy atom. The number of benzene rings is 1. The molecule has 0 saturated carbocycles. The Morgan fingerprint density at radius 1 is 1.47 bits per heavy atom. The monoisotopic (exact) mass is 453 g/mol. The Labute approximate surface area is 182 Å². The van der Waals surface area contributed by atoms with Gasteiger partial charge in [0.25, 0.3) is 0 Å². The number of halogens is 3. The molecule has 0 spiro atoms. The first kappa shape index (κ1) is 21.9. The van der Waals surface area contributed by atoms with Crippen molar-refractivity contribution in [2.24, 2.45) is 5.10 Å². The average molecular weight is 454 g/mol. The van der Waals surface area contributed by atoms with Gasteiger partial charge in [-0.05, 0) is 24.6 Å². The third-order valence-electron chi connectivity index (χ3n) is 4.32. The Bertz CT molecular complexity index is 1020. The zero-order chi connectivity index (χ0) is 21.7. The molecule has 2 heterocycles. The number of hydrogen-bond acceptors (Lipinski definition) is 8. The van der Waals surface area contributed by atoms with Gasteiger partial charge in [-0.25, -0.2) is 9.37 Å². The lowest BCUT2D eigenvalue weighted by molar-refractivity contribution is -0.104. The summed E-state index contributed by atoms with van der Waals surface area (Å²) < 4.78 is 19.1. The maximum atomic E-state index is 13.3. The van der Waals surface area contributed by atoms with Crippen molar-refractivity contribution in [2.45, 2.75) is 19.6 Å². The molecule has 0 saturated heterocycles. The molecule has 0 unspecified atom stereocenters.